The Bertz CT molecular complexity index is 569. The van der Waals surface area contributed by atoms with E-state index in [1.165, 1.54) is 34.2 Å². The first-order valence-corrected chi connectivity index (χ1v) is 7.97. The van der Waals surface area contributed by atoms with Crippen molar-refractivity contribution in [1.82, 2.24) is 0 Å². The predicted molar refractivity (Wildman–Crippen MR) is 92.5 cm³/mol. The summed E-state index contributed by atoms with van der Waals surface area (Å²) < 4.78 is 0. The van der Waals surface area contributed by atoms with E-state index in [2.05, 4.69) is 63.2 Å². The van der Waals surface area contributed by atoms with E-state index >= 15 is 0 Å². The average Bonchev–Trinajstić information content (AvgIpc) is 2.49. The van der Waals surface area contributed by atoms with Crippen LogP contribution in [-0.4, -0.2) is 6.54 Å². The van der Waals surface area contributed by atoms with Gasteiger partial charge in [-0.05, 0) is 73.4 Å². The van der Waals surface area contributed by atoms with Crippen molar-refractivity contribution in [2.24, 2.45) is 11.7 Å². The quantitative estimate of drug-likeness (QED) is 0.801. The highest BCUT2D eigenvalue weighted by molar-refractivity contribution is 5.65. The van der Waals surface area contributed by atoms with Crippen LogP contribution in [-0.2, 0) is 6.42 Å². The Kier molecular flexibility index (Phi) is 5.58. The van der Waals surface area contributed by atoms with Gasteiger partial charge in [-0.2, -0.15) is 0 Å². The first-order valence-electron chi connectivity index (χ1n) is 7.97. The molecule has 1 unspecified atom stereocenters. The molecule has 0 aliphatic carbocycles. The molecule has 2 aromatic carbocycles. The highest BCUT2D eigenvalue weighted by Gasteiger charge is 2.03. The van der Waals surface area contributed by atoms with E-state index in [1.807, 2.05) is 0 Å². The van der Waals surface area contributed by atoms with Gasteiger partial charge in [0.1, 0.15) is 0 Å². The van der Waals surface area contributed by atoms with Crippen molar-refractivity contribution < 1.29 is 0 Å². The molecule has 0 bridgehead atoms. The average molecular weight is 281 g/mol. The van der Waals surface area contributed by atoms with Gasteiger partial charge in [-0.1, -0.05) is 49.4 Å². The molecular weight excluding hydrogens is 254 g/mol. The Labute approximate surface area is 129 Å². The second-order valence-electron chi connectivity index (χ2n) is 6.22. The number of nitrogens with two attached hydrogens (primary N) is 1. The Morgan fingerprint density at radius 1 is 0.857 bits per heavy atom. The minimum atomic E-state index is 0.717. The molecule has 0 heterocycles. The van der Waals surface area contributed by atoms with Crippen LogP contribution in [0.25, 0.3) is 11.1 Å². The fourth-order valence-corrected chi connectivity index (χ4v) is 2.63. The predicted octanol–water partition coefficient (Wildman–Crippen LogP) is 4.89. The van der Waals surface area contributed by atoms with Crippen LogP contribution in [0.3, 0.4) is 0 Å². The van der Waals surface area contributed by atoms with E-state index in [0.717, 1.165) is 25.3 Å². The fourth-order valence-electron chi connectivity index (χ4n) is 2.63. The maximum absolute atomic E-state index is 5.61. The maximum atomic E-state index is 5.61. The summed E-state index contributed by atoms with van der Waals surface area (Å²) in [6.45, 7) is 7.42. The standard InChI is InChI=1S/C20H27N/c1-15(12-13-21)4-6-18-7-10-19(11-8-18)20-9-5-16(2)17(3)14-20/h5,7-11,14-15H,4,6,12-13,21H2,1-3H3. The summed E-state index contributed by atoms with van der Waals surface area (Å²) in [7, 11) is 0. The smallest absolute Gasteiger partial charge is 0.00747 e. The molecule has 0 aromatic heterocycles. The van der Waals surface area contributed by atoms with Crippen LogP contribution in [0.15, 0.2) is 42.5 Å². The van der Waals surface area contributed by atoms with Crippen LogP contribution in [0.1, 0.15) is 36.5 Å². The molecule has 21 heavy (non-hydrogen) atoms. The van der Waals surface area contributed by atoms with Crippen LogP contribution in [0.2, 0.25) is 0 Å². The van der Waals surface area contributed by atoms with Crippen molar-refractivity contribution >= 4 is 0 Å². The molecule has 1 heteroatoms. The van der Waals surface area contributed by atoms with Crippen LogP contribution in [0.4, 0.5) is 0 Å². The molecule has 1 nitrogen and oxygen atoms in total. The molecule has 0 spiro atoms. The summed E-state index contributed by atoms with van der Waals surface area (Å²) in [5, 5.41) is 0. The van der Waals surface area contributed by atoms with Crippen molar-refractivity contribution in [3.63, 3.8) is 0 Å². The summed E-state index contributed by atoms with van der Waals surface area (Å²) in [4.78, 5) is 0. The molecule has 0 aliphatic rings. The van der Waals surface area contributed by atoms with E-state index in [9.17, 15) is 0 Å². The third-order valence-electron chi connectivity index (χ3n) is 4.38. The molecule has 2 aromatic rings. The summed E-state index contributed by atoms with van der Waals surface area (Å²) in [5.74, 6) is 0.717. The number of benzene rings is 2. The van der Waals surface area contributed by atoms with Crippen molar-refractivity contribution in [1.29, 1.82) is 0 Å². The molecule has 2 N–H and O–H groups in total. The van der Waals surface area contributed by atoms with Gasteiger partial charge in [-0.15, -0.1) is 0 Å². The molecule has 0 aliphatic heterocycles. The molecule has 0 amide bonds. The number of aryl methyl sites for hydroxylation is 3. The number of hydrogen-bond donors (Lipinski definition) is 1. The van der Waals surface area contributed by atoms with Gasteiger partial charge in [0.2, 0.25) is 0 Å². The van der Waals surface area contributed by atoms with Gasteiger partial charge >= 0.3 is 0 Å². The third kappa shape index (κ3) is 4.44. The van der Waals surface area contributed by atoms with E-state index < -0.39 is 0 Å². The lowest BCUT2D eigenvalue weighted by molar-refractivity contribution is 0.500. The van der Waals surface area contributed by atoms with Crippen LogP contribution >= 0.6 is 0 Å². The maximum Gasteiger partial charge on any atom is -0.00747 e. The highest BCUT2D eigenvalue weighted by atomic mass is 14.5. The van der Waals surface area contributed by atoms with Crippen LogP contribution in [0.5, 0.6) is 0 Å². The summed E-state index contributed by atoms with van der Waals surface area (Å²) in [6, 6.07) is 15.7. The van der Waals surface area contributed by atoms with E-state index in [0.29, 0.717) is 0 Å². The zero-order valence-corrected chi connectivity index (χ0v) is 13.5. The SMILES string of the molecule is Cc1ccc(-c2ccc(CCC(C)CCN)cc2)cc1C. The summed E-state index contributed by atoms with van der Waals surface area (Å²) in [6.07, 6.45) is 3.50. The van der Waals surface area contributed by atoms with Gasteiger partial charge in [0.05, 0.1) is 0 Å². The van der Waals surface area contributed by atoms with Crippen molar-refractivity contribution in [2.75, 3.05) is 6.54 Å². The minimum Gasteiger partial charge on any atom is -0.330 e. The van der Waals surface area contributed by atoms with Gasteiger partial charge < -0.3 is 5.73 Å². The van der Waals surface area contributed by atoms with Gasteiger partial charge in [-0.3, -0.25) is 0 Å². The number of hydrogen-bond acceptors (Lipinski definition) is 1. The topological polar surface area (TPSA) is 26.0 Å². The molecule has 1 atom stereocenters. The normalized spacial score (nSPS) is 12.4. The third-order valence-corrected chi connectivity index (χ3v) is 4.38. The lowest BCUT2D eigenvalue weighted by Gasteiger charge is -2.10. The first-order chi connectivity index (χ1) is 10.1. The van der Waals surface area contributed by atoms with Gasteiger partial charge in [0.25, 0.3) is 0 Å². The molecule has 0 saturated heterocycles. The number of rotatable bonds is 6. The molecule has 0 fully saturated rings. The van der Waals surface area contributed by atoms with E-state index in [1.54, 1.807) is 0 Å². The Balaban J connectivity index is 2.03. The first kappa shape index (κ1) is 15.8. The monoisotopic (exact) mass is 281 g/mol. The van der Waals surface area contributed by atoms with Crippen LogP contribution in [0, 0.1) is 19.8 Å². The summed E-state index contributed by atoms with van der Waals surface area (Å²) >= 11 is 0. The second kappa shape index (κ2) is 7.42. The highest BCUT2D eigenvalue weighted by Crippen LogP contribution is 2.23. The van der Waals surface area contributed by atoms with Crippen LogP contribution < -0.4 is 5.73 Å². The summed E-state index contributed by atoms with van der Waals surface area (Å²) in [5.41, 5.74) is 12.3. The van der Waals surface area contributed by atoms with Gasteiger partial charge in [0, 0.05) is 0 Å². The zero-order valence-electron chi connectivity index (χ0n) is 13.5. The van der Waals surface area contributed by atoms with Gasteiger partial charge in [-0.25, -0.2) is 0 Å². The van der Waals surface area contributed by atoms with Gasteiger partial charge in [0.15, 0.2) is 0 Å². The lowest BCUT2D eigenvalue weighted by Crippen LogP contribution is -2.06. The lowest BCUT2D eigenvalue weighted by atomic mass is 9.96. The molecule has 2 rings (SSSR count). The van der Waals surface area contributed by atoms with E-state index in [4.69, 9.17) is 5.73 Å². The molecular formula is C20H27N. The Hall–Kier alpha value is -1.60. The Morgan fingerprint density at radius 2 is 1.52 bits per heavy atom. The van der Waals surface area contributed by atoms with Crippen molar-refractivity contribution in [3.05, 3.63) is 59.2 Å². The Morgan fingerprint density at radius 3 is 2.14 bits per heavy atom. The molecule has 0 saturated carbocycles. The van der Waals surface area contributed by atoms with Crippen molar-refractivity contribution in [3.8, 4) is 11.1 Å². The molecule has 112 valence electrons. The zero-order chi connectivity index (χ0) is 15.2. The molecule has 0 radical (unpaired) electrons. The van der Waals surface area contributed by atoms with E-state index in [-0.39, 0.29) is 0 Å². The largest absolute Gasteiger partial charge is 0.330 e. The minimum absolute atomic E-state index is 0.717. The fraction of sp³-hybridized carbons (Fsp3) is 0.400. The van der Waals surface area contributed by atoms with Crippen molar-refractivity contribution in [2.45, 2.75) is 40.0 Å². The second-order valence-corrected chi connectivity index (χ2v) is 6.22.